The molecule has 0 aliphatic carbocycles. The van der Waals surface area contributed by atoms with Crippen molar-refractivity contribution in [3.05, 3.63) is 93.7 Å². The lowest BCUT2D eigenvalue weighted by molar-refractivity contribution is -0.120. The van der Waals surface area contributed by atoms with E-state index in [1.165, 1.54) is 76.6 Å². The average molecular weight is 1460 g/mol. The predicted molar refractivity (Wildman–Crippen MR) is 389 cm³/mol. The minimum absolute atomic E-state index is 0.0314. The minimum Gasteiger partial charge on any atom is -0.494 e. The number of aliphatic hydroxyl groups excluding tert-OH is 1. The lowest BCUT2D eigenvalue weighted by Crippen LogP contribution is -2.30. The van der Waals surface area contributed by atoms with Crippen molar-refractivity contribution < 1.29 is 59.7 Å². The molecule has 3 aromatic heterocycles. The molecule has 2 aliphatic rings. The van der Waals surface area contributed by atoms with Crippen molar-refractivity contribution in [3.8, 4) is 11.5 Å². The monoisotopic (exact) mass is 1460 g/mol. The van der Waals surface area contributed by atoms with Gasteiger partial charge >= 0.3 is 0 Å². The maximum absolute atomic E-state index is 13.9. The van der Waals surface area contributed by atoms with Gasteiger partial charge in [0, 0.05) is 70.2 Å². The Balaban J connectivity index is 1.11. The number of anilines is 10. The molecular formula is C65H77N17O13S5. The van der Waals surface area contributed by atoms with Crippen molar-refractivity contribution in [1.82, 2.24) is 24.9 Å². The molecule has 2 fully saturated rings. The summed E-state index contributed by atoms with van der Waals surface area (Å²) in [6, 6.07) is 17.6. The van der Waals surface area contributed by atoms with Gasteiger partial charge in [-0.1, -0.05) is 58.7 Å². The van der Waals surface area contributed by atoms with Crippen LogP contribution in [-0.2, 0) is 39.4 Å². The van der Waals surface area contributed by atoms with Gasteiger partial charge in [0.05, 0.1) is 75.9 Å². The quantitative estimate of drug-likeness (QED) is 0.00530. The Morgan fingerprint density at radius 3 is 1.31 bits per heavy atom. The van der Waals surface area contributed by atoms with Gasteiger partial charge in [-0.3, -0.25) is 28.3 Å². The van der Waals surface area contributed by atoms with Crippen LogP contribution in [0.3, 0.4) is 0 Å². The molecule has 2 aliphatic heterocycles. The Bertz CT molecular complexity index is 4250. The predicted octanol–water partition coefficient (Wildman–Crippen LogP) is 12.6. The van der Waals surface area contributed by atoms with E-state index >= 15 is 0 Å². The van der Waals surface area contributed by atoms with E-state index in [-0.39, 0.29) is 73.6 Å². The van der Waals surface area contributed by atoms with Gasteiger partial charge in [-0.25, -0.2) is 0 Å². The largest absolute Gasteiger partial charge is 0.494 e. The molecule has 30 nitrogen and oxygen atoms in total. The number of azo groups is 2. The molecular weight excluding hydrogens is 1390 g/mol. The zero-order valence-electron chi connectivity index (χ0n) is 56.2. The van der Waals surface area contributed by atoms with Crippen LogP contribution in [0.2, 0.25) is 0 Å². The molecule has 2 saturated heterocycles. The van der Waals surface area contributed by atoms with Gasteiger partial charge in [-0.2, -0.15) is 41.8 Å². The van der Waals surface area contributed by atoms with Gasteiger partial charge in [0.15, 0.2) is 16.7 Å². The van der Waals surface area contributed by atoms with Crippen LogP contribution in [0.15, 0.2) is 119 Å². The van der Waals surface area contributed by atoms with Crippen LogP contribution in [0.25, 0.3) is 12.2 Å². The fourth-order valence-electron chi connectivity index (χ4n) is 11.0. The summed E-state index contributed by atoms with van der Waals surface area (Å²) in [5, 5.41) is 41.1. The normalized spacial score (nSPS) is 13.9. The van der Waals surface area contributed by atoms with Crippen LogP contribution in [0.4, 0.5) is 79.3 Å². The van der Waals surface area contributed by atoms with E-state index in [1.54, 1.807) is 12.1 Å². The van der Waals surface area contributed by atoms with Crippen LogP contribution < -0.4 is 50.3 Å². The second-order valence-electron chi connectivity index (χ2n) is 22.5. The van der Waals surface area contributed by atoms with Gasteiger partial charge in [0.1, 0.15) is 44.3 Å². The second kappa shape index (κ2) is 34.1. The summed E-state index contributed by atoms with van der Waals surface area (Å²) in [6.07, 6.45) is 8.15. The SMILES string of the molecule is CCN(CC)c1cc(Nc2nc(Nc3cc(N(CC)CC)c(OC)cc3N=Nc3nc(N4CCCCC4)c(C=C(C(C)=O)C(=O)Nc4ccccc4S(=O)(=O)O)s3)nc(SCCO)n2)c(N=Nc2nc(N3CCCCC3)c(C=C(C(C)=O)C(=O)Nc3ccccc3S(=O)(=O)O)s2)cc1OC. The van der Waals surface area contributed by atoms with Crippen LogP contribution in [-0.4, -0.2) is 158 Å². The number of benzene rings is 4. The molecule has 0 bridgehead atoms. The fourth-order valence-corrected chi connectivity index (χ4v) is 14.6. The smallest absolute Gasteiger partial charge is 0.296 e. The van der Waals surface area contributed by atoms with Crippen LogP contribution in [0.5, 0.6) is 11.5 Å². The first kappa shape index (κ1) is 74.9. The number of nitrogens with zero attached hydrogens (tertiary/aromatic N) is 13. The third-order valence-electron chi connectivity index (χ3n) is 15.9. The molecule has 4 aromatic carbocycles. The highest BCUT2D eigenvalue weighted by Crippen LogP contribution is 2.45. The first-order chi connectivity index (χ1) is 48.0. The molecule has 0 saturated carbocycles. The highest BCUT2D eigenvalue weighted by Gasteiger charge is 2.28. The number of amides is 2. The van der Waals surface area contributed by atoms with E-state index in [1.807, 2.05) is 49.6 Å². The van der Waals surface area contributed by atoms with E-state index in [4.69, 9.17) is 44.6 Å². The maximum Gasteiger partial charge on any atom is 0.296 e. The summed E-state index contributed by atoms with van der Waals surface area (Å²) in [5.74, 6) is -1.03. The summed E-state index contributed by atoms with van der Waals surface area (Å²) in [7, 11) is -6.44. The van der Waals surface area contributed by atoms with Crippen molar-refractivity contribution in [2.75, 3.05) is 120 Å². The number of carbonyl (C=O) groups excluding carboxylic acids is 4. The number of aliphatic hydroxyl groups is 1. The third-order valence-corrected chi connectivity index (χ3v) is 20.3. The van der Waals surface area contributed by atoms with Crippen LogP contribution in [0, 0.1) is 0 Å². The maximum atomic E-state index is 13.9. The molecule has 0 spiro atoms. The van der Waals surface area contributed by atoms with Crippen molar-refractivity contribution in [3.63, 3.8) is 0 Å². The number of hydrogen-bond donors (Lipinski definition) is 7. The third kappa shape index (κ3) is 18.7. The van der Waals surface area contributed by atoms with Crippen molar-refractivity contribution in [2.24, 2.45) is 20.5 Å². The molecule has 100 heavy (non-hydrogen) atoms. The summed E-state index contributed by atoms with van der Waals surface area (Å²) >= 11 is 3.28. The number of thiazole rings is 2. The van der Waals surface area contributed by atoms with Crippen molar-refractivity contribution in [2.45, 2.75) is 95.0 Å². The van der Waals surface area contributed by atoms with E-state index in [9.17, 15) is 50.2 Å². The Kier molecular flexibility index (Phi) is 25.6. The first-order valence-electron chi connectivity index (χ1n) is 32.0. The molecule has 35 heteroatoms. The molecule has 530 valence electrons. The fraction of sp³-hybridized carbons (Fsp3) is 0.369. The van der Waals surface area contributed by atoms with Crippen molar-refractivity contribution >= 4 is 169 Å². The Labute approximate surface area is 591 Å². The topological polar surface area (TPSA) is 391 Å². The van der Waals surface area contributed by atoms with E-state index < -0.39 is 53.4 Å². The number of aromatic nitrogens is 5. The summed E-state index contributed by atoms with van der Waals surface area (Å²) < 4.78 is 80.7. The van der Waals surface area contributed by atoms with Crippen LogP contribution >= 0.6 is 34.4 Å². The number of piperidine rings is 2. The minimum atomic E-state index is -4.75. The Morgan fingerprint density at radius 2 is 0.960 bits per heavy atom. The molecule has 7 N–H and O–H groups in total. The van der Waals surface area contributed by atoms with Crippen molar-refractivity contribution in [1.29, 1.82) is 0 Å². The summed E-state index contributed by atoms with van der Waals surface area (Å²) in [4.78, 5) is 86.5. The molecule has 0 atom stereocenters. The van der Waals surface area contributed by atoms with Gasteiger partial charge in [-0.15, -0.1) is 20.5 Å². The second-order valence-corrected chi connectivity index (χ2v) is 28.3. The molecule has 0 radical (unpaired) electrons. The number of carbonyl (C=O) groups is 4. The lowest BCUT2D eigenvalue weighted by Gasteiger charge is -2.27. The van der Waals surface area contributed by atoms with Gasteiger partial charge in [-0.05, 0) is 129 Å². The zero-order valence-corrected chi connectivity index (χ0v) is 60.3. The number of ketones is 2. The number of Topliss-reactive ketones (excluding diaryl/α,β-unsaturated/α-hetero) is 2. The number of ether oxygens (including phenoxy) is 2. The van der Waals surface area contributed by atoms with E-state index in [2.05, 4.69) is 41.3 Å². The lowest BCUT2D eigenvalue weighted by atomic mass is 10.1. The zero-order chi connectivity index (χ0) is 71.8. The molecule has 7 aromatic rings. The van der Waals surface area contributed by atoms with Gasteiger partial charge < -0.3 is 55.4 Å². The van der Waals surface area contributed by atoms with E-state index in [0.717, 1.165) is 85.1 Å². The number of para-hydroxylation sites is 2. The van der Waals surface area contributed by atoms with Gasteiger partial charge in [0.25, 0.3) is 32.1 Å². The Hall–Kier alpha value is -9.36. The number of hydrogen-bond acceptors (Lipinski definition) is 29. The number of methoxy groups -OCH3 is 2. The molecule has 2 amide bonds. The number of rotatable bonds is 31. The van der Waals surface area contributed by atoms with Crippen LogP contribution in [0.1, 0.15) is 89.8 Å². The van der Waals surface area contributed by atoms with E-state index in [0.29, 0.717) is 108 Å². The van der Waals surface area contributed by atoms with Gasteiger partial charge in [0.2, 0.25) is 22.2 Å². The highest BCUT2D eigenvalue weighted by molar-refractivity contribution is 7.99. The first-order valence-corrected chi connectivity index (χ1v) is 37.5. The summed E-state index contributed by atoms with van der Waals surface area (Å²) in [5.41, 5.74) is 1.49. The molecule has 0 unspecified atom stereocenters. The molecule has 5 heterocycles. The molecule has 9 rings (SSSR count). The number of thioether (sulfide) groups is 1. The standard InChI is InChI=1S/C65H77N17O13S5/c1-9-79(10-2)49-35-45(47(37-51(49)94-7)75-77-64-70-57(81-27-19-13-20-28-81)53(97-64)33-41(39(5)84)59(86)66-43-23-15-17-25-55(43)99(88,89)90)68-61-72-62(74-63(73-61)96-32-31-83)69-46-36-50(80(11-3)12-4)52(95-8)38-48(46)76-78-65-71-58(82-29-21-14-22-30-82)54(98-65)34-42(40(6)85)60(87)67-44-24-16-18-26-56(44)100(91,92)93/h15-18,23-26,33-38,83H,9-14,19-22,27-32H2,1-8H3,(H,66,86)(H,67,87)(H,88,89,90)(H,91,92,93)(H2,68,69,72,73,74). The Morgan fingerprint density at radius 1 is 0.570 bits per heavy atom. The average Bonchev–Trinajstić information content (AvgIpc) is 1.78. The number of nitrogens with one attached hydrogen (secondary N) is 4. The summed E-state index contributed by atoms with van der Waals surface area (Å²) in [6.45, 7) is 15.1. The highest BCUT2D eigenvalue weighted by atomic mass is 32.2.